The van der Waals surface area contributed by atoms with Crippen LogP contribution in [0, 0.1) is 0 Å². The van der Waals surface area contributed by atoms with E-state index in [1.54, 1.807) is 17.9 Å². The van der Waals surface area contributed by atoms with E-state index < -0.39 is 12.7 Å². The summed E-state index contributed by atoms with van der Waals surface area (Å²) < 4.78 is 38.4. The van der Waals surface area contributed by atoms with Crippen LogP contribution in [0.4, 0.5) is 13.2 Å². The third-order valence-corrected chi connectivity index (χ3v) is 2.98. The topological polar surface area (TPSA) is 48.7 Å². The number of aryl methyl sites for hydroxylation is 1. The molecule has 0 saturated heterocycles. The standard InChI is InChI=1S/C13H23F3N6/c1-17-12(18-5-6-20(2)10-13(14,15)16)21(3)8-11-7-19-22(4)9-11/h7,9H,5-6,8,10H2,1-4H3,(H,17,18). The van der Waals surface area contributed by atoms with E-state index in [9.17, 15) is 13.2 Å². The lowest BCUT2D eigenvalue weighted by Gasteiger charge is -2.23. The van der Waals surface area contributed by atoms with Gasteiger partial charge in [0, 0.05) is 52.5 Å². The summed E-state index contributed by atoms with van der Waals surface area (Å²) in [7, 11) is 6.79. The molecule has 126 valence electrons. The molecule has 0 aromatic carbocycles. The first-order chi connectivity index (χ1) is 10.2. The Bertz CT molecular complexity index is 482. The Hall–Kier alpha value is -1.77. The molecule has 0 atom stereocenters. The molecule has 0 bridgehead atoms. The van der Waals surface area contributed by atoms with E-state index in [1.807, 2.05) is 25.2 Å². The van der Waals surface area contributed by atoms with Crippen molar-refractivity contribution < 1.29 is 13.2 Å². The van der Waals surface area contributed by atoms with Gasteiger partial charge >= 0.3 is 6.18 Å². The van der Waals surface area contributed by atoms with Crippen LogP contribution < -0.4 is 5.32 Å². The summed E-state index contributed by atoms with van der Waals surface area (Å²) in [6, 6.07) is 0. The van der Waals surface area contributed by atoms with Gasteiger partial charge in [-0.25, -0.2) is 0 Å². The Morgan fingerprint density at radius 2 is 2.09 bits per heavy atom. The van der Waals surface area contributed by atoms with Crippen LogP contribution >= 0.6 is 0 Å². The molecule has 0 aliphatic heterocycles. The zero-order chi connectivity index (χ0) is 16.8. The lowest BCUT2D eigenvalue weighted by Crippen LogP contribution is -2.43. The third-order valence-electron chi connectivity index (χ3n) is 2.98. The smallest absolute Gasteiger partial charge is 0.355 e. The number of hydrogen-bond acceptors (Lipinski definition) is 3. The fourth-order valence-electron chi connectivity index (χ4n) is 2.03. The van der Waals surface area contributed by atoms with Crippen molar-refractivity contribution in [2.24, 2.45) is 12.0 Å². The fraction of sp³-hybridized carbons (Fsp3) is 0.692. The van der Waals surface area contributed by atoms with Crippen LogP contribution in [-0.2, 0) is 13.6 Å². The Balaban J connectivity index is 2.38. The minimum absolute atomic E-state index is 0.277. The maximum atomic E-state index is 12.2. The van der Waals surface area contributed by atoms with Crippen LogP contribution in [-0.4, -0.2) is 72.5 Å². The molecular formula is C13H23F3N6. The average molecular weight is 320 g/mol. The van der Waals surface area contributed by atoms with Crippen molar-refractivity contribution in [3.05, 3.63) is 18.0 Å². The minimum Gasteiger partial charge on any atom is -0.355 e. The van der Waals surface area contributed by atoms with Gasteiger partial charge in [-0.05, 0) is 7.05 Å². The van der Waals surface area contributed by atoms with Gasteiger partial charge in [-0.2, -0.15) is 18.3 Å². The lowest BCUT2D eigenvalue weighted by molar-refractivity contribution is -0.142. The number of guanidine groups is 1. The zero-order valence-corrected chi connectivity index (χ0v) is 13.4. The van der Waals surface area contributed by atoms with E-state index >= 15 is 0 Å². The van der Waals surface area contributed by atoms with Crippen molar-refractivity contribution in [2.45, 2.75) is 12.7 Å². The molecule has 1 aromatic rings. The number of aromatic nitrogens is 2. The van der Waals surface area contributed by atoms with Crippen molar-refractivity contribution >= 4 is 5.96 Å². The molecule has 1 rings (SSSR count). The molecule has 0 amide bonds. The van der Waals surface area contributed by atoms with Crippen LogP contribution in [0.5, 0.6) is 0 Å². The van der Waals surface area contributed by atoms with E-state index in [0.29, 0.717) is 19.0 Å². The van der Waals surface area contributed by atoms with Gasteiger partial charge in [0.15, 0.2) is 5.96 Å². The second kappa shape index (κ2) is 8.02. The van der Waals surface area contributed by atoms with Crippen molar-refractivity contribution in [2.75, 3.05) is 40.8 Å². The molecule has 0 spiro atoms. The maximum Gasteiger partial charge on any atom is 0.401 e. The van der Waals surface area contributed by atoms with Gasteiger partial charge in [-0.15, -0.1) is 0 Å². The largest absolute Gasteiger partial charge is 0.401 e. The highest BCUT2D eigenvalue weighted by molar-refractivity contribution is 5.79. The zero-order valence-electron chi connectivity index (χ0n) is 13.4. The number of rotatable bonds is 6. The van der Waals surface area contributed by atoms with Crippen molar-refractivity contribution in [1.29, 1.82) is 0 Å². The molecule has 22 heavy (non-hydrogen) atoms. The molecule has 1 heterocycles. The molecule has 6 nitrogen and oxygen atoms in total. The molecule has 0 radical (unpaired) electrons. The van der Waals surface area contributed by atoms with E-state index in [-0.39, 0.29) is 6.54 Å². The summed E-state index contributed by atoms with van der Waals surface area (Å²) in [5.41, 5.74) is 1.03. The van der Waals surface area contributed by atoms with Crippen LogP contribution in [0.2, 0.25) is 0 Å². The van der Waals surface area contributed by atoms with Gasteiger partial charge in [0.2, 0.25) is 0 Å². The highest BCUT2D eigenvalue weighted by atomic mass is 19.4. The fourth-order valence-corrected chi connectivity index (χ4v) is 2.03. The van der Waals surface area contributed by atoms with Gasteiger partial charge in [0.1, 0.15) is 0 Å². The van der Waals surface area contributed by atoms with Gasteiger partial charge in [0.25, 0.3) is 0 Å². The first kappa shape index (κ1) is 18.3. The first-order valence-electron chi connectivity index (χ1n) is 6.86. The second-order valence-corrected chi connectivity index (χ2v) is 5.21. The van der Waals surface area contributed by atoms with Crippen LogP contribution in [0.25, 0.3) is 0 Å². The molecule has 0 aliphatic carbocycles. The van der Waals surface area contributed by atoms with Gasteiger partial charge in [0.05, 0.1) is 12.7 Å². The molecule has 0 saturated carbocycles. The predicted molar refractivity (Wildman–Crippen MR) is 79.6 cm³/mol. The van der Waals surface area contributed by atoms with Crippen LogP contribution in [0.3, 0.4) is 0 Å². The summed E-state index contributed by atoms with van der Waals surface area (Å²) in [6.45, 7) is 0.362. The molecule has 1 N–H and O–H groups in total. The quantitative estimate of drug-likeness (QED) is 0.626. The molecular weight excluding hydrogens is 297 g/mol. The summed E-state index contributed by atoms with van der Waals surface area (Å²) in [6.07, 6.45) is -0.505. The highest BCUT2D eigenvalue weighted by Gasteiger charge is 2.28. The van der Waals surface area contributed by atoms with Crippen molar-refractivity contribution in [3.8, 4) is 0 Å². The number of likely N-dealkylation sites (N-methyl/N-ethyl adjacent to an activating group) is 1. The summed E-state index contributed by atoms with van der Waals surface area (Å²) in [5, 5.41) is 7.14. The molecule has 9 heteroatoms. The minimum atomic E-state index is -4.17. The average Bonchev–Trinajstić information content (AvgIpc) is 2.77. The monoisotopic (exact) mass is 320 g/mol. The van der Waals surface area contributed by atoms with E-state index in [0.717, 1.165) is 5.56 Å². The number of nitrogens with one attached hydrogen (secondary N) is 1. The number of aliphatic imine (C=N–C) groups is 1. The van der Waals surface area contributed by atoms with E-state index in [2.05, 4.69) is 15.4 Å². The van der Waals surface area contributed by atoms with Crippen molar-refractivity contribution in [1.82, 2.24) is 24.9 Å². The predicted octanol–water partition coefficient (Wildman–Crippen LogP) is 0.921. The summed E-state index contributed by atoms with van der Waals surface area (Å²) in [5.74, 6) is 0.629. The maximum absolute atomic E-state index is 12.2. The lowest BCUT2D eigenvalue weighted by atomic mass is 10.3. The molecule has 0 aliphatic rings. The highest BCUT2D eigenvalue weighted by Crippen LogP contribution is 2.14. The van der Waals surface area contributed by atoms with Gasteiger partial charge in [-0.1, -0.05) is 0 Å². The summed E-state index contributed by atoms with van der Waals surface area (Å²) >= 11 is 0. The SMILES string of the molecule is CN=C(NCCN(C)CC(F)(F)F)N(C)Cc1cnn(C)c1. The normalized spacial score (nSPS) is 12.8. The molecule has 1 aromatic heterocycles. The Morgan fingerprint density at radius 3 is 2.59 bits per heavy atom. The van der Waals surface area contributed by atoms with Crippen LogP contribution in [0.1, 0.15) is 5.56 Å². The summed E-state index contributed by atoms with van der Waals surface area (Å²) in [4.78, 5) is 7.24. The Labute approximate surface area is 128 Å². The first-order valence-corrected chi connectivity index (χ1v) is 6.86. The second-order valence-electron chi connectivity index (χ2n) is 5.21. The van der Waals surface area contributed by atoms with Gasteiger partial charge < -0.3 is 10.2 Å². The molecule has 0 fully saturated rings. The number of alkyl halides is 3. The number of nitrogens with zero attached hydrogens (tertiary/aromatic N) is 5. The van der Waals surface area contributed by atoms with Crippen molar-refractivity contribution in [3.63, 3.8) is 0 Å². The van der Waals surface area contributed by atoms with Crippen LogP contribution in [0.15, 0.2) is 17.4 Å². The third kappa shape index (κ3) is 6.79. The van der Waals surface area contributed by atoms with Gasteiger partial charge in [-0.3, -0.25) is 14.6 Å². The Morgan fingerprint density at radius 1 is 1.41 bits per heavy atom. The Kier molecular flexibility index (Phi) is 6.66. The number of halogens is 3. The van der Waals surface area contributed by atoms with E-state index in [4.69, 9.17) is 0 Å². The molecule has 0 unspecified atom stereocenters. The number of hydrogen-bond donors (Lipinski definition) is 1. The van der Waals surface area contributed by atoms with E-state index in [1.165, 1.54) is 11.9 Å².